The first-order valence-corrected chi connectivity index (χ1v) is 13.6. The molecule has 2 aliphatic heterocycles. The van der Waals surface area contributed by atoms with Gasteiger partial charge in [-0.1, -0.05) is 0 Å². The summed E-state index contributed by atoms with van der Waals surface area (Å²) in [4.78, 5) is 48.8. The smallest absolute Gasteiger partial charge is 0.478 e. The Morgan fingerprint density at radius 2 is 1.86 bits per heavy atom. The van der Waals surface area contributed by atoms with Crippen molar-refractivity contribution in [3.8, 4) is 0 Å². The number of phosphoric ester groups is 2. The highest BCUT2D eigenvalue weighted by atomic mass is 31.3. The topological polar surface area (TPSA) is 242 Å². The number of rotatable bonds is 9. The lowest BCUT2D eigenvalue weighted by molar-refractivity contribution is -0.270. The molecule has 0 radical (unpaired) electrons. The average molecular weight is 560 g/mol. The lowest BCUT2D eigenvalue weighted by atomic mass is 9.99. The summed E-state index contributed by atoms with van der Waals surface area (Å²) in [5.41, 5.74) is -1.68. The van der Waals surface area contributed by atoms with Crippen molar-refractivity contribution < 1.29 is 57.1 Å². The summed E-state index contributed by atoms with van der Waals surface area (Å²) in [5.74, 6) is 0. The predicted molar refractivity (Wildman–Crippen MR) is 115 cm³/mol. The van der Waals surface area contributed by atoms with E-state index in [4.69, 9.17) is 9.47 Å². The summed E-state index contributed by atoms with van der Waals surface area (Å²) in [5, 5.41) is 30.7. The zero-order valence-corrected chi connectivity index (χ0v) is 21.1. The Morgan fingerprint density at radius 1 is 1.19 bits per heavy atom. The molecule has 2 saturated heterocycles. The molecule has 5 unspecified atom stereocenters. The van der Waals surface area contributed by atoms with Crippen LogP contribution in [0.4, 0.5) is 0 Å². The highest BCUT2D eigenvalue weighted by molar-refractivity contribution is 7.60. The Morgan fingerprint density at radius 3 is 2.47 bits per heavy atom. The normalized spacial score (nSPS) is 36.5. The quantitative estimate of drug-likeness (QED) is 0.192. The molecule has 10 atom stereocenters. The van der Waals surface area contributed by atoms with E-state index in [0.717, 1.165) is 16.8 Å². The SMILES string of the molecule is CC1C[C@H](N(C)C)C(O)[C@H](OP(=O)([O-])OP(=O)(O)OC[C@H]2O[C@@H](n3ccc(=O)[nH]c3=O)C(O)[C@H]2O)O1. The minimum absolute atomic E-state index is 0.362. The largest absolute Gasteiger partial charge is 0.756 e. The summed E-state index contributed by atoms with van der Waals surface area (Å²) in [6, 6.07) is 0.426. The van der Waals surface area contributed by atoms with Gasteiger partial charge >= 0.3 is 13.5 Å². The van der Waals surface area contributed by atoms with Gasteiger partial charge in [0.05, 0.1) is 12.7 Å². The minimum atomic E-state index is -5.59. The van der Waals surface area contributed by atoms with E-state index in [9.17, 15) is 43.8 Å². The number of aliphatic hydroxyl groups is 3. The van der Waals surface area contributed by atoms with Crippen LogP contribution in [0.1, 0.15) is 19.6 Å². The number of H-pyrrole nitrogens is 1. The summed E-state index contributed by atoms with van der Waals surface area (Å²) in [6.45, 7) is 0.661. The molecular formula is C17H28N3O14P2-. The van der Waals surface area contributed by atoms with Crippen LogP contribution in [-0.2, 0) is 32.0 Å². The third-order valence-electron chi connectivity index (χ3n) is 5.58. The number of phosphoric acid groups is 2. The second kappa shape index (κ2) is 11.2. The monoisotopic (exact) mass is 560 g/mol. The number of aliphatic hydroxyl groups excluding tert-OH is 3. The van der Waals surface area contributed by atoms with Crippen LogP contribution in [0, 0.1) is 0 Å². The van der Waals surface area contributed by atoms with Gasteiger partial charge in [0, 0.05) is 18.3 Å². The molecule has 1 aromatic rings. The fraction of sp³-hybridized carbons (Fsp3) is 0.765. The number of nitrogens with one attached hydrogen (secondary N) is 1. The van der Waals surface area contributed by atoms with Gasteiger partial charge in [-0.05, 0) is 27.4 Å². The Balaban J connectivity index is 1.61. The van der Waals surface area contributed by atoms with Crippen molar-refractivity contribution in [3.63, 3.8) is 0 Å². The lowest BCUT2D eigenvalue weighted by Gasteiger charge is -2.42. The molecule has 2 fully saturated rings. The van der Waals surface area contributed by atoms with E-state index in [1.54, 1.807) is 25.9 Å². The van der Waals surface area contributed by atoms with E-state index in [0.29, 0.717) is 6.42 Å². The maximum Gasteiger partial charge on any atom is 0.478 e. The maximum absolute atomic E-state index is 12.2. The van der Waals surface area contributed by atoms with Crippen LogP contribution >= 0.6 is 15.6 Å². The molecule has 0 aliphatic carbocycles. The van der Waals surface area contributed by atoms with Gasteiger partial charge in [0.15, 0.2) is 12.5 Å². The maximum atomic E-state index is 12.2. The highest BCUT2D eigenvalue weighted by Crippen LogP contribution is 2.59. The molecule has 19 heteroatoms. The summed E-state index contributed by atoms with van der Waals surface area (Å²) in [6.07, 6.45) is -8.77. The molecule has 2 aliphatic rings. The van der Waals surface area contributed by atoms with E-state index in [2.05, 4.69) is 13.4 Å². The highest BCUT2D eigenvalue weighted by Gasteiger charge is 2.46. The molecule has 0 saturated carbocycles. The molecule has 206 valence electrons. The number of hydrogen-bond donors (Lipinski definition) is 5. The zero-order chi connectivity index (χ0) is 27.0. The number of nitrogens with zero attached hydrogens (tertiary/aromatic N) is 2. The number of hydrogen-bond acceptors (Lipinski definition) is 14. The first-order valence-electron chi connectivity index (χ1n) is 10.6. The van der Waals surface area contributed by atoms with Crippen LogP contribution in [0.15, 0.2) is 21.9 Å². The predicted octanol–water partition coefficient (Wildman–Crippen LogP) is -2.80. The molecular weight excluding hydrogens is 532 g/mol. The molecule has 1 aromatic heterocycles. The Kier molecular flexibility index (Phi) is 9.11. The average Bonchev–Trinajstić information content (AvgIpc) is 3.02. The first kappa shape index (κ1) is 29.3. The zero-order valence-electron chi connectivity index (χ0n) is 19.3. The molecule has 0 aromatic carbocycles. The van der Waals surface area contributed by atoms with Gasteiger partial charge in [-0.25, -0.2) is 13.7 Å². The van der Waals surface area contributed by atoms with Gasteiger partial charge in [0.2, 0.25) is 0 Å². The van der Waals surface area contributed by atoms with Gasteiger partial charge in [0.25, 0.3) is 13.4 Å². The van der Waals surface area contributed by atoms with Crippen molar-refractivity contribution in [3.05, 3.63) is 33.1 Å². The Labute approximate surface area is 204 Å². The van der Waals surface area contributed by atoms with Crippen molar-refractivity contribution in [1.29, 1.82) is 0 Å². The Hall–Kier alpha value is -1.30. The number of aromatic amines is 1. The van der Waals surface area contributed by atoms with Crippen LogP contribution in [0.3, 0.4) is 0 Å². The van der Waals surface area contributed by atoms with E-state index >= 15 is 0 Å². The van der Waals surface area contributed by atoms with E-state index in [-0.39, 0.29) is 0 Å². The third kappa shape index (κ3) is 6.96. The van der Waals surface area contributed by atoms with Crippen LogP contribution < -0.4 is 16.1 Å². The molecule has 5 N–H and O–H groups in total. The van der Waals surface area contributed by atoms with Crippen molar-refractivity contribution in [2.75, 3.05) is 20.7 Å². The van der Waals surface area contributed by atoms with Crippen molar-refractivity contribution in [1.82, 2.24) is 14.5 Å². The van der Waals surface area contributed by atoms with Gasteiger partial charge in [-0.3, -0.25) is 28.0 Å². The molecule has 17 nitrogen and oxygen atoms in total. The minimum Gasteiger partial charge on any atom is -0.756 e. The van der Waals surface area contributed by atoms with Gasteiger partial charge in [-0.15, -0.1) is 0 Å². The fourth-order valence-corrected chi connectivity index (χ4v) is 5.94. The molecule has 36 heavy (non-hydrogen) atoms. The molecule has 3 rings (SSSR count). The van der Waals surface area contributed by atoms with Crippen molar-refractivity contribution in [2.45, 2.75) is 62.4 Å². The molecule has 0 amide bonds. The van der Waals surface area contributed by atoms with Gasteiger partial charge < -0.3 is 39.5 Å². The second-order valence-corrected chi connectivity index (χ2v) is 11.5. The number of aromatic nitrogens is 2. The molecule has 0 spiro atoms. The van der Waals surface area contributed by atoms with Crippen molar-refractivity contribution >= 4 is 15.6 Å². The van der Waals surface area contributed by atoms with Gasteiger partial charge in [-0.2, -0.15) is 0 Å². The van der Waals surface area contributed by atoms with Crippen LogP contribution in [0.5, 0.6) is 0 Å². The fourth-order valence-electron chi connectivity index (χ4n) is 3.82. The van der Waals surface area contributed by atoms with E-state index in [1.807, 2.05) is 4.98 Å². The molecule has 0 bridgehead atoms. The summed E-state index contributed by atoms with van der Waals surface area (Å²) < 4.78 is 49.2. The third-order valence-corrected chi connectivity index (χ3v) is 8.14. The van der Waals surface area contributed by atoms with Crippen LogP contribution in [0.25, 0.3) is 0 Å². The Bertz CT molecular complexity index is 1130. The van der Waals surface area contributed by atoms with Crippen LogP contribution in [0.2, 0.25) is 0 Å². The first-order chi connectivity index (χ1) is 16.6. The summed E-state index contributed by atoms with van der Waals surface area (Å²) >= 11 is 0. The standard InChI is InChI=1S/C17H29N3O14P2/c1-8-6-9(19(2)3)12(22)16(31-8)33-36(28,29)34-35(26,27)30-7-10-13(23)14(24)15(32-10)20-5-4-11(21)18-17(20)25/h4-5,8-10,12-16,22-24H,6-7H2,1-3H3,(H,26,27)(H,28,29)(H,18,21,25)/p-1/t8?,9-,10+,12?,13-,14?,15+,16-/m0/s1. The second-order valence-electron chi connectivity index (χ2n) is 8.53. The summed E-state index contributed by atoms with van der Waals surface area (Å²) in [7, 11) is -7.67. The van der Waals surface area contributed by atoms with Gasteiger partial charge in [0.1, 0.15) is 24.4 Å². The number of likely N-dealkylation sites (N-methyl/N-ethyl adjacent to an activating group) is 1. The lowest BCUT2D eigenvalue weighted by Crippen LogP contribution is -2.54. The van der Waals surface area contributed by atoms with Crippen molar-refractivity contribution in [2.24, 2.45) is 0 Å². The van der Waals surface area contributed by atoms with E-state index in [1.165, 1.54) is 0 Å². The van der Waals surface area contributed by atoms with E-state index < -0.39 is 82.6 Å². The van der Waals surface area contributed by atoms with Crippen LogP contribution in [-0.4, -0.2) is 98.2 Å². The number of ether oxygens (including phenoxy) is 2. The molecule has 3 heterocycles.